The largest absolute Gasteiger partial charge is 0.320 e. The molecule has 0 aromatic heterocycles. The summed E-state index contributed by atoms with van der Waals surface area (Å²) in [7, 11) is -1.93. The van der Waals surface area contributed by atoms with Gasteiger partial charge in [-0.1, -0.05) is 6.07 Å². The van der Waals surface area contributed by atoms with Crippen molar-refractivity contribution in [2.45, 2.75) is 18.2 Å². The lowest BCUT2D eigenvalue weighted by molar-refractivity contribution is -0.385. The minimum atomic E-state index is -3.71. The van der Waals surface area contributed by atoms with E-state index in [1.165, 1.54) is 12.1 Å². The molecule has 8 heteroatoms. The lowest BCUT2D eigenvalue weighted by Gasteiger charge is -2.09. The van der Waals surface area contributed by atoms with Gasteiger partial charge in [-0.15, -0.1) is 0 Å². The Morgan fingerprint density at radius 1 is 1.32 bits per heavy atom. The number of rotatable bonds is 7. The number of nitrogens with one attached hydrogen (secondary N) is 2. The van der Waals surface area contributed by atoms with Gasteiger partial charge in [0.15, 0.2) is 0 Å². The summed E-state index contributed by atoms with van der Waals surface area (Å²) in [5.74, 6) is 0. The van der Waals surface area contributed by atoms with Crippen LogP contribution in [0.2, 0.25) is 0 Å². The Morgan fingerprint density at radius 2 is 2.00 bits per heavy atom. The van der Waals surface area contributed by atoms with E-state index in [2.05, 4.69) is 10.0 Å². The van der Waals surface area contributed by atoms with E-state index in [0.29, 0.717) is 18.5 Å². The number of aryl methyl sites for hydroxylation is 1. The molecule has 0 unspecified atom stereocenters. The third-order valence-corrected chi connectivity index (χ3v) is 4.17. The van der Waals surface area contributed by atoms with Crippen LogP contribution in [0.5, 0.6) is 0 Å². The zero-order chi connectivity index (χ0) is 14.5. The molecule has 0 atom stereocenters. The minimum Gasteiger partial charge on any atom is -0.320 e. The molecule has 0 radical (unpaired) electrons. The highest BCUT2D eigenvalue weighted by atomic mass is 32.2. The number of hydrogen-bond donors (Lipinski definition) is 2. The Hall–Kier alpha value is -1.51. The third kappa shape index (κ3) is 4.27. The fourth-order valence-corrected chi connectivity index (χ4v) is 2.88. The molecule has 7 nitrogen and oxygen atoms in total. The van der Waals surface area contributed by atoms with Crippen LogP contribution in [0.3, 0.4) is 0 Å². The Kier molecular flexibility index (Phi) is 5.40. The van der Waals surface area contributed by atoms with Crippen LogP contribution in [0.25, 0.3) is 0 Å². The predicted octanol–water partition coefficient (Wildman–Crippen LogP) is 0.791. The molecular formula is C11H17N3O4S. The monoisotopic (exact) mass is 287 g/mol. The quantitative estimate of drug-likeness (QED) is 0.438. The maximum atomic E-state index is 12.0. The standard InChI is InChI=1S/C11H17N3O4S/c1-9-4-5-10(14(15)16)8-11(9)19(17,18)13-7-3-6-12-2/h4-5,8,12-13H,3,6-7H2,1-2H3. The molecule has 1 aromatic carbocycles. The third-order valence-electron chi connectivity index (χ3n) is 2.57. The maximum absolute atomic E-state index is 12.0. The van der Waals surface area contributed by atoms with E-state index in [-0.39, 0.29) is 17.1 Å². The van der Waals surface area contributed by atoms with Crippen LogP contribution in [-0.2, 0) is 10.0 Å². The van der Waals surface area contributed by atoms with Crippen molar-refractivity contribution in [3.05, 3.63) is 33.9 Å². The van der Waals surface area contributed by atoms with Gasteiger partial charge in [0.05, 0.1) is 9.82 Å². The Balaban J connectivity index is 2.94. The van der Waals surface area contributed by atoms with Gasteiger partial charge in [-0.2, -0.15) is 0 Å². The Bertz CT molecular complexity index is 557. The SMILES string of the molecule is CNCCCNS(=O)(=O)c1cc([N+](=O)[O-])ccc1C. The van der Waals surface area contributed by atoms with Gasteiger partial charge < -0.3 is 5.32 Å². The molecule has 106 valence electrons. The van der Waals surface area contributed by atoms with Crippen molar-refractivity contribution in [3.63, 3.8) is 0 Å². The summed E-state index contributed by atoms with van der Waals surface area (Å²) < 4.78 is 26.5. The van der Waals surface area contributed by atoms with Crippen molar-refractivity contribution < 1.29 is 13.3 Å². The van der Waals surface area contributed by atoms with Crippen molar-refractivity contribution >= 4 is 15.7 Å². The average molecular weight is 287 g/mol. The molecule has 0 saturated carbocycles. The van der Waals surface area contributed by atoms with E-state index in [9.17, 15) is 18.5 Å². The van der Waals surface area contributed by atoms with Crippen LogP contribution < -0.4 is 10.0 Å². The molecule has 0 bridgehead atoms. The van der Waals surface area contributed by atoms with Gasteiger partial charge in [-0.3, -0.25) is 10.1 Å². The lowest BCUT2D eigenvalue weighted by atomic mass is 10.2. The smallest absolute Gasteiger partial charge is 0.270 e. The molecule has 1 aromatic rings. The first-order chi connectivity index (χ1) is 8.88. The summed E-state index contributed by atoms with van der Waals surface area (Å²) >= 11 is 0. The number of hydrogen-bond acceptors (Lipinski definition) is 5. The summed E-state index contributed by atoms with van der Waals surface area (Å²) in [5.41, 5.74) is 0.243. The summed E-state index contributed by atoms with van der Waals surface area (Å²) in [6, 6.07) is 3.80. The molecule has 0 aliphatic carbocycles. The van der Waals surface area contributed by atoms with Crippen LogP contribution in [-0.4, -0.2) is 33.5 Å². The number of nitrogens with zero attached hydrogens (tertiary/aromatic N) is 1. The number of non-ortho nitro benzene ring substituents is 1. The van der Waals surface area contributed by atoms with Crippen molar-refractivity contribution in [2.24, 2.45) is 0 Å². The number of benzene rings is 1. The van der Waals surface area contributed by atoms with Gasteiger partial charge in [-0.05, 0) is 32.5 Å². The van der Waals surface area contributed by atoms with Crippen molar-refractivity contribution in [3.8, 4) is 0 Å². The molecule has 0 saturated heterocycles. The van der Waals surface area contributed by atoms with Gasteiger partial charge in [0.1, 0.15) is 0 Å². The van der Waals surface area contributed by atoms with Crippen LogP contribution >= 0.6 is 0 Å². The summed E-state index contributed by atoms with van der Waals surface area (Å²) in [6.45, 7) is 2.58. The first-order valence-electron chi connectivity index (χ1n) is 5.78. The van der Waals surface area contributed by atoms with E-state index in [1.807, 2.05) is 0 Å². The average Bonchev–Trinajstić information content (AvgIpc) is 2.34. The normalized spacial score (nSPS) is 11.5. The number of sulfonamides is 1. The second-order valence-electron chi connectivity index (χ2n) is 4.06. The Labute approximate surface area is 112 Å². The van der Waals surface area contributed by atoms with E-state index in [0.717, 1.165) is 6.07 Å². The molecule has 0 aliphatic heterocycles. The molecule has 0 amide bonds. The van der Waals surface area contributed by atoms with Crippen LogP contribution in [0, 0.1) is 17.0 Å². The first kappa shape index (κ1) is 15.5. The molecular weight excluding hydrogens is 270 g/mol. The zero-order valence-corrected chi connectivity index (χ0v) is 11.7. The molecule has 19 heavy (non-hydrogen) atoms. The number of nitro benzene ring substituents is 1. The van der Waals surface area contributed by atoms with Crippen molar-refractivity contribution in [2.75, 3.05) is 20.1 Å². The molecule has 1 rings (SSSR count). The second kappa shape index (κ2) is 6.60. The first-order valence-corrected chi connectivity index (χ1v) is 7.26. The van der Waals surface area contributed by atoms with Gasteiger partial charge in [0.2, 0.25) is 10.0 Å². The molecule has 0 fully saturated rings. The molecule has 0 aliphatic rings. The second-order valence-corrected chi connectivity index (χ2v) is 5.80. The molecule has 0 heterocycles. The van der Waals surface area contributed by atoms with Crippen LogP contribution in [0.1, 0.15) is 12.0 Å². The van der Waals surface area contributed by atoms with Gasteiger partial charge in [0, 0.05) is 18.7 Å². The molecule has 0 spiro atoms. The number of nitro groups is 1. The van der Waals surface area contributed by atoms with E-state index < -0.39 is 14.9 Å². The van der Waals surface area contributed by atoms with Crippen molar-refractivity contribution in [1.29, 1.82) is 0 Å². The highest BCUT2D eigenvalue weighted by molar-refractivity contribution is 7.89. The predicted molar refractivity (Wildman–Crippen MR) is 71.6 cm³/mol. The summed E-state index contributed by atoms with van der Waals surface area (Å²) in [5, 5.41) is 13.6. The lowest BCUT2D eigenvalue weighted by Crippen LogP contribution is -2.27. The highest BCUT2D eigenvalue weighted by Crippen LogP contribution is 2.21. The summed E-state index contributed by atoms with van der Waals surface area (Å²) in [6.07, 6.45) is 0.643. The van der Waals surface area contributed by atoms with E-state index in [1.54, 1.807) is 14.0 Å². The van der Waals surface area contributed by atoms with Crippen LogP contribution in [0.15, 0.2) is 23.1 Å². The van der Waals surface area contributed by atoms with Gasteiger partial charge >= 0.3 is 0 Å². The van der Waals surface area contributed by atoms with Gasteiger partial charge in [-0.25, -0.2) is 13.1 Å². The van der Waals surface area contributed by atoms with Crippen LogP contribution in [0.4, 0.5) is 5.69 Å². The minimum absolute atomic E-state index is 0.0499. The topological polar surface area (TPSA) is 101 Å². The van der Waals surface area contributed by atoms with E-state index >= 15 is 0 Å². The van der Waals surface area contributed by atoms with E-state index in [4.69, 9.17) is 0 Å². The fourth-order valence-electron chi connectivity index (χ4n) is 1.54. The summed E-state index contributed by atoms with van der Waals surface area (Å²) in [4.78, 5) is 10.0. The van der Waals surface area contributed by atoms with Crippen molar-refractivity contribution in [1.82, 2.24) is 10.0 Å². The maximum Gasteiger partial charge on any atom is 0.270 e. The zero-order valence-electron chi connectivity index (χ0n) is 10.8. The Morgan fingerprint density at radius 3 is 2.58 bits per heavy atom. The van der Waals surface area contributed by atoms with Gasteiger partial charge in [0.25, 0.3) is 5.69 Å². The fraction of sp³-hybridized carbons (Fsp3) is 0.455. The highest BCUT2D eigenvalue weighted by Gasteiger charge is 2.19. The molecule has 2 N–H and O–H groups in total.